The summed E-state index contributed by atoms with van der Waals surface area (Å²) in [7, 11) is 1.53. The smallest absolute Gasteiger partial charge is 0.391 e. The zero-order chi connectivity index (χ0) is 23.6. The summed E-state index contributed by atoms with van der Waals surface area (Å²) in [5.74, 6) is -1.02. The number of aromatic nitrogens is 2. The highest BCUT2D eigenvalue weighted by Crippen LogP contribution is 2.38. The van der Waals surface area contributed by atoms with Gasteiger partial charge >= 0.3 is 6.18 Å². The zero-order valence-electron chi connectivity index (χ0n) is 18.4. The molecule has 3 heterocycles. The average molecular weight is 458 g/mol. The van der Waals surface area contributed by atoms with Crippen LogP contribution in [0.1, 0.15) is 41.9 Å². The van der Waals surface area contributed by atoms with Gasteiger partial charge in [0.15, 0.2) is 0 Å². The quantitative estimate of drug-likeness (QED) is 0.589. The van der Waals surface area contributed by atoms with E-state index in [0.717, 1.165) is 5.69 Å². The number of rotatable bonds is 5. The molecule has 4 rings (SSSR count). The fourth-order valence-corrected chi connectivity index (χ4v) is 4.12. The molecular weight excluding hydrogens is 433 g/mol. The van der Waals surface area contributed by atoms with Crippen LogP contribution in [0.5, 0.6) is 5.75 Å². The third-order valence-corrected chi connectivity index (χ3v) is 6.01. The van der Waals surface area contributed by atoms with Crippen molar-refractivity contribution in [1.82, 2.24) is 15.3 Å². The number of nitrogens with one attached hydrogen (secondary N) is 1. The number of halogens is 3. The lowest BCUT2D eigenvalue weighted by molar-refractivity contribution is -0.179. The predicted octanol–water partition coefficient (Wildman–Crippen LogP) is 4.91. The van der Waals surface area contributed by atoms with Gasteiger partial charge in [0, 0.05) is 36.9 Å². The van der Waals surface area contributed by atoms with Crippen LogP contribution in [-0.4, -0.2) is 42.3 Å². The number of amides is 1. The van der Waals surface area contributed by atoms with E-state index in [2.05, 4.69) is 15.3 Å². The number of carbonyl (C=O) groups is 1. The molecule has 0 bridgehead atoms. The lowest BCUT2D eigenvalue weighted by Crippen LogP contribution is -2.39. The molecule has 1 aliphatic rings. The van der Waals surface area contributed by atoms with E-state index in [0.29, 0.717) is 27.9 Å². The van der Waals surface area contributed by atoms with Gasteiger partial charge in [0.2, 0.25) is 0 Å². The first-order valence-corrected chi connectivity index (χ1v) is 10.8. The van der Waals surface area contributed by atoms with Crippen LogP contribution >= 0.6 is 0 Å². The standard InChI is InChI=1S/C24H25F3N4O2/c1-15(20-5-3-4-8-28-20)30-23(32)17-11-16-12-19(33-2)13-21(22(16)29-14-17)31-9-6-18(7-10-31)24(25,26)27/h3-5,8,11-15,18H,6-7,9-10H2,1-2H3,(H,30,32)/t15-/m0/s1. The number of piperidine rings is 1. The van der Waals surface area contributed by atoms with Crippen molar-refractivity contribution >= 4 is 22.5 Å². The number of methoxy groups -OCH3 is 1. The number of fused-ring (bicyclic) bond motifs is 1. The summed E-state index contributed by atoms with van der Waals surface area (Å²) < 4.78 is 44.6. The number of carbonyl (C=O) groups excluding carboxylic acids is 1. The maximum absolute atomic E-state index is 13.1. The molecule has 1 fully saturated rings. The maximum atomic E-state index is 13.1. The first-order valence-electron chi connectivity index (χ1n) is 10.8. The van der Waals surface area contributed by atoms with Crippen LogP contribution in [0.2, 0.25) is 0 Å². The number of nitrogens with zero attached hydrogens (tertiary/aromatic N) is 3. The molecule has 1 saturated heterocycles. The van der Waals surface area contributed by atoms with Crippen LogP contribution < -0.4 is 15.0 Å². The number of alkyl halides is 3. The molecule has 1 aromatic carbocycles. The monoisotopic (exact) mass is 458 g/mol. The van der Waals surface area contributed by atoms with Gasteiger partial charge in [0.25, 0.3) is 5.91 Å². The molecule has 0 saturated carbocycles. The van der Waals surface area contributed by atoms with E-state index in [4.69, 9.17) is 4.74 Å². The molecule has 9 heteroatoms. The highest BCUT2D eigenvalue weighted by molar-refractivity contribution is 6.00. The summed E-state index contributed by atoms with van der Waals surface area (Å²) in [6.07, 6.45) is -0.945. The summed E-state index contributed by atoms with van der Waals surface area (Å²) in [6.45, 7) is 2.40. The molecule has 1 N–H and O–H groups in total. The van der Waals surface area contributed by atoms with Crippen molar-refractivity contribution in [3.8, 4) is 5.75 Å². The predicted molar refractivity (Wildman–Crippen MR) is 119 cm³/mol. The van der Waals surface area contributed by atoms with Gasteiger partial charge in [-0.1, -0.05) is 6.07 Å². The molecular formula is C24H25F3N4O2. The van der Waals surface area contributed by atoms with Crippen LogP contribution in [0.4, 0.5) is 18.9 Å². The SMILES string of the molecule is COc1cc(N2CCC(C(F)(F)F)CC2)c2ncc(C(=O)N[C@@H](C)c3ccccn3)cc2c1. The van der Waals surface area contributed by atoms with Crippen molar-refractivity contribution in [3.05, 3.63) is 60.0 Å². The molecule has 174 valence electrons. The fourth-order valence-electron chi connectivity index (χ4n) is 4.12. The molecule has 3 aromatic rings. The molecule has 0 aliphatic carbocycles. The summed E-state index contributed by atoms with van der Waals surface area (Å²) >= 11 is 0. The number of anilines is 1. The third-order valence-electron chi connectivity index (χ3n) is 6.01. The van der Waals surface area contributed by atoms with Crippen molar-refractivity contribution in [2.45, 2.75) is 32.0 Å². The minimum Gasteiger partial charge on any atom is -0.497 e. The Morgan fingerprint density at radius 3 is 2.58 bits per heavy atom. The highest BCUT2D eigenvalue weighted by Gasteiger charge is 2.41. The normalized spacial score (nSPS) is 16.0. The van der Waals surface area contributed by atoms with Crippen LogP contribution in [0, 0.1) is 5.92 Å². The number of hydrogen-bond donors (Lipinski definition) is 1. The minimum absolute atomic E-state index is 0.0358. The number of hydrogen-bond acceptors (Lipinski definition) is 5. The van der Waals surface area contributed by atoms with Gasteiger partial charge in [-0.3, -0.25) is 14.8 Å². The Kier molecular flexibility index (Phi) is 6.40. The maximum Gasteiger partial charge on any atom is 0.391 e. The summed E-state index contributed by atoms with van der Waals surface area (Å²) in [5, 5.41) is 3.59. The van der Waals surface area contributed by atoms with Crippen molar-refractivity contribution in [2.24, 2.45) is 5.92 Å². The topological polar surface area (TPSA) is 67.3 Å². The molecule has 0 spiro atoms. The number of ether oxygens (including phenoxy) is 1. The van der Waals surface area contributed by atoms with Crippen LogP contribution in [0.3, 0.4) is 0 Å². The molecule has 0 unspecified atom stereocenters. The van der Waals surface area contributed by atoms with E-state index in [-0.39, 0.29) is 37.9 Å². The first-order chi connectivity index (χ1) is 15.8. The van der Waals surface area contributed by atoms with E-state index in [1.54, 1.807) is 24.4 Å². The Morgan fingerprint density at radius 2 is 1.94 bits per heavy atom. The minimum atomic E-state index is -4.17. The van der Waals surface area contributed by atoms with Gasteiger partial charge in [-0.15, -0.1) is 0 Å². The summed E-state index contributed by atoms with van der Waals surface area (Å²) in [4.78, 5) is 23.5. The average Bonchev–Trinajstić information content (AvgIpc) is 2.83. The zero-order valence-corrected chi connectivity index (χ0v) is 18.4. The Labute approximate surface area is 189 Å². The van der Waals surface area contributed by atoms with Crippen molar-refractivity contribution in [2.75, 3.05) is 25.1 Å². The number of benzene rings is 1. The molecule has 6 nitrogen and oxygen atoms in total. The van der Waals surface area contributed by atoms with Gasteiger partial charge in [-0.25, -0.2) is 0 Å². The Bertz CT molecular complexity index is 1130. The van der Waals surface area contributed by atoms with E-state index in [1.807, 2.05) is 30.0 Å². The van der Waals surface area contributed by atoms with E-state index < -0.39 is 12.1 Å². The van der Waals surface area contributed by atoms with Crippen molar-refractivity contribution < 1.29 is 22.7 Å². The van der Waals surface area contributed by atoms with E-state index in [9.17, 15) is 18.0 Å². The Balaban J connectivity index is 1.59. The Hall–Kier alpha value is -3.36. The fraction of sp³-hybridized carbons (Fsp3) is 0.375. The second-order valence-electron chi connectivity index (χ2n) is 8.19. The second-order valence-corrected chi connectivity index (χ2v) is 8.19. The van der Waals surface area contributed by atoms with Crippen LogP contribution in [0.25, 0.3) is 10.9 Å². The second kappa shape index (κ2) is 9.25. The Morgan fingerprint density at radius 1 is 1.18 bits per heavy atom. The van der Waals surface area contributed by atoms with Gasteiger partial charge in [0.05, 0.1) is 41.5 Å². The highest BCUT2D eigenvalue weighted by atomic mass is 19.4. The lowest BCUT2D eigenvalue weighted by Gasteiger charge is -2.34. The molecule has 0 radical (unpaired) electrons. The van der Waals surface area contributed by atoms with Crippen molar-refractivity contribution in [1.29, 1.82) is 0 Å². The molecule has 1 amide bonds. The summed E-state index contributed by atoms with van der Waals surface area (Å²) in [5.41, 5.74) is 2.44. The largest absolute Gasteiger partial charge is 0.497 e. The first kappa shape index (κ1) is 22.8. The van der Waals surface area contributed by atoms with E-state index in [1.165, 1.54) is 13.3 Å². The van der Waals surface area contributed by atoms with Gasteiger partial charge in [0.1, 0.15) is 5.75 Å². The van der Waals surface area contributed by atoms with Crippen LogP contribution in [-0.2, 0) is 0 Å². The molecule has 33 heavy (non-hydrogen) atoms. The molecule has 2 aromatic heterocycles. The van der Waals surface area contributed by atoms with Gasteiger partial charge < -0.3 is 15.0 Å². The van der Waals surface area contributed by atoms with Crippen LogP contribution in [0.15, 0.2) is 48.8 Å². The molecule has 1 atom stereocenters. The summed E-state index contributed by atoms with van der Waals surface area (Å²) in [6, 6.07) is 10.5. The lowest BCUT2D eigenvalue weighted by atomic mass is 9.95. The van der Waals surface area contributed by atoms with Crippen molar-refractivity contribution in [3.63, 3.8) is 0 Å². The number of pyridine rings is 2. The van der Waals surface area contributed by atoms with Gasteiger partial charge in [-0.05, 0) is 44.0 Å². The molecule has 1 aliphatic heterocycles. The van der Waals surface area contributed by atoms with Gasteiger partial charge in [-0.2, -0.15) is 13.2 Å². The van der Waals surface area contributed by atoms with E-state index >= 15 is 0 Å². The third kappa shape index (κ3) is 5.02.